The van der Waals surface area contributed by atoms with Crippen LogP contribution in [0.1, 0.15) is 15.9 Å². The predicted molar refractivity (Wildman–Crippen MR) is 81.0 cm³/mol. The van der Waals surface area contributed by atoms with Gasteiger partial charge in [-0.15, -0.1) is 0 Å². The SMILES string of the molecule is COc1cccc(/C=N\NC(=O)c2ccccc2F)c1OC. The molecule has 0 saturated heterocycles. The van der Waals surface area contributed by atoms with Gasteiger partial charge in [-0.1, -0.05) is 18.2 Å². The van der Waals surface area contributed by atoms with Gasteiger partial charge in [0.25, 0.3) is 5.91 Å². The third-order valence-corrected chi connectivity index (χ3v) is 2.92. The minimum absolute atomic E-state index is 0.0720. The molecule has 0 radical (unpaired) electrons. The number of carbonyl (C=O) groups is 1. The number of halogens is 1. The number of nitrogens with one attached hydrogen (secondary N) is 1. The predicted octanol–water partition coefficient (Wildman–Crippen LogP) is 2.61. The quantitative estimate of drug-likeness (QED) is 0.682. The summed E-state index contributed by atoms with van der Waals surface area (Å²) in [5.41, 5.74) is 2.82. The van der Waals surface area contributed by atoms with E-state index in [0.29, 0.717) is 17.1 Å². The van der Waals surface area contributed by atoms with Gasteiger partial charge in [0.2, 0.25) is 0 Å². The second kappa shape index (κ2) is 7.21. The van der Waals surface area contributed by atoms with Crippen LogP contribution in [0, 0.1) is 5.82 Å². The number of hydrogen-bond acceptors (Lipinski definition) is 4. The van der Waals surface area contributed by atoms with E-state index in [9.17, 15) is 9.18 Å². The van der Waals surface area contributed by atoms with Crippen LogP contribution in [0.3, 0.4) is 0 Å². The van der Waals surface area contributed by atoms with E-state index < -0.39 is 11.7 Å². The highest BCUT2D eigenvalue weighted by molar-refractivity contribution is 5.95. The van der Waals surface area contributed by atoms with Crippen molar-refractivity contribution in [2.24, 2.45) is 5.10 Å². The molecular formula is C16H15FN2O3. The number of benzene rings is 2. The third-order valence-electron chi connectivity index (χ3n) is 2.92. The number of rotatable bonds is 5. The molecule has 0 spiro atoms. The van der Waals surface area contributed by atoms with Crippen LogP contribution in [0.15, 0.2) is 47.6 Å². The zero-order valence-electron chi connectivity index (χ0n) is 12.2. The summed E-state index contributed by atoms with van der Waals surface area (Å²) in [7, 11) is 3.03. The molecule has 0 aromatic heterocycles. The molecule has 114 valence electrons. The van der Waals surface area contributed by atoms with Crippen LogP contribution >= 0.6 is 0 Å². The molecule has 2 aromatic carbocycles. The van der Waals surface area contributed by atoms with Gasteiger partial charge in [-0.05, 0) is 24.3 Å². The van der Waals surface area contributed by atoms with E-state index in [0.717, 1.165) is 0 Å². The van der Waals surface area contributed by atoms with Crippen molar-refractivity contribution in [2.75, 3.05) is 14.2 Å². The van der Waals surface area contributed by atoms with Gasteiger partial charge in [-0.25, -0.2) is 9.82 Å². The molecule has 0 atom stereocenters. The Labute approximate surface area is 127 Å². The zero-order chi connectivity index (χ0) is 15.9. The molecule has 22 heavy (non-hydrogen) atoms. The van der Waals surface area contributed by atoms with Gasteiger partial charge in [0.15, 0.2) is 11.5 Å². The highest BCUT2D eigenvalue weighted by Crippen LogP contribution is 2.29. The van der Waals surface area contributed by atoms with Crippen molar-refractivity contribution in [1.82, 2.24) is 5.43 Å². The maximum atomic E-state index is 13.5. The van der Waals surface area contributed by atoms with E-state index in [1.807, 2.05) is 0 Å². The van der Waals surface area contributed by atoms with Gasteiger partial charge in [0, 0.05) is 5.56 Å². The highest BCUT2D eigenvalue weighted by Gasteiger charge is 2.10. The van der Waals surface area contributed by atoms with E-state index in [-0.39, 0.29) is 5.56 Å². The molecule has 2 aromatic rings. The zero-order valence-corrected chi connectivity index (χ0v) is 12.2. The molecule has 0 fully saturated rings. The number of hydrazone groups is 1. The smallest absolute Gasteiger partial charge is 0.274 e. The number of ether oxygens (including phenoxy) is 2. The van der Waals surface area contributed by atoms with Crippen LogP contribution < -0.4 is 14.9 Å². The minimum atomic E-state index is -0.629. The maximum absolute atomic E-state index is 13.5. The van der Waals surface area contributed by atoms with E-state index in [1.165, 1.54) is 38.6 Å². The summed E-state index contributed by atoms with van der Waals surface area (Å²) in [5, 5.41) is 3.82. The van der Waals surface area contributed by atoms with Crippen LogP contribution in [0.2, 0.25) is 0 Å². The van der Waals surface area contributed by atoms with Crippen molar-refractivity contribution < 1.29 is 18.7 Å². The summed E-state index contributed by atoms with van der Waals surface area (Å²) in [6.45, 7) is 0. The Morgan fingerprint density at radius 2 is 1.91 bits per heavy atom. The van der Waals surface area contributed by atoms with Crippen molar-refractivity contribution in [2.45, 2.75) is 0 Å². The summed E-state index contributed by atoms with van der Waals surface area (Å²) in [5.74, 6) is -0.189. The highest BCUT2D eigenvalue weighted by atomic mass is 19.1. The summed E-state index contributed by atoms with van der Waals surface area (Å²) in [6.07, 6.45) is 1.40. The van der Waals surface area contributed by atoms with E-state index in [2.05, 4.69) is 10.5 Å². The molecule has 0 aliphatic rings. The topological polar surface area (TPSA) is 59.9 Å². The lowest BCUT2D eigenvalue weighted by atomic mass is 10.2. The fourth-order valence-electron chi connectivity index (χ4n) is 1.88. The number of methoxy groups -OCH3 is 2. The van der Waals surface area contributed by atoms with Gasteiger partial charge >= 0.3 is 0 Å². The van der Waals surface area contributed by atoms with Crippen LogP contribution in [0.5, 0.6) is 11.5 Å². The Hall–Kier alpha value is -2.89. The standard InChI is InChI=1S/C16H15FN2O3/c1-21-14-9-5-6-11(15(14)22-2)10-18-19-16(20)12-7-3-4-8-13(12)17/h3-10H,1-2H3,(H,19,20)/b18-10-. The van der Waals surface area contributed by atoms with Gasteiger partial charge < -0.3 is 9.47 Å². The first-order valence-corrected chi connectivity index (χ1v) is 6.46. The van der Waals surface area contributed by atoms with Crippen molar-refractivity contribution in [3.05, 3.63) is 59.4 Å². The number of hydrogen-bond donors (Lipinski definition) is 1. The Kier molecular flexibility index (Phi) is 5.08. The van der Waals surface area contributed by atoms with Crippen LogP contribution in [-0.4, -0.2) is 26.3 Å². The maximum Gasteiger partial charge on any atom is 0.274 e. The summed E-state index contributed by atoms with van der Waals surface area (Å²) in [4.78, 5) is 11.8. The van der Waals surface area contributed by atoms with Gasteiger partial charge in [-0.2, -0.15) is 5.10 Å². The van der Waals surface area contributed by atoms with Gasteiger partial charge in [-0.3, -0.25) is 4.79 Å². The fraction of sp³-hybridized carbons (Fsp3) is 0.125. The average Bonchev–Trinajstić information content (AvgIpc) is 2.54. The molecule has 0 aliphatic heterocycles. The second-order valence-corrected chi connectivity index (χ2v) is 4.26. The van der Waals surface area contributed by atoms with E-state index in [4.69, 9.17) is 9.47 Å². The van der Waals surface area contributed by atoms with Gasteiger partial charge in [0.05, 0.1) is 26.0 Å². The molecule has 6 heteroatoms. The molecule has 5 nitrogen and oxygen atoms in total. The van der Waals surface area contributed by atoms with Crippen LogP contribution in [-0.2, 0) is 0 Å². The molecule has 1 N–H and O–H groups in total. The Bertz CT molecular complexity index is 702. The van der Waals surface area contributed by atoms with Crippen molar-refractivity contribution >= 4 is 12.1 Å². The largest absolute Gasteiger partial charge is 0.493 e. The lowest BCUT2D eigenvalue weighted by molar-refractivity contribution is 0.0951. The molecular weight excluding hydrogens is 287 g/mol. The van der Waals surface area contributed by atoms with Crippen molar-refractivity contribution in [3.63, 3.8) is 0 Å². The first-order chi connectivity index (χ1) is 10.7. The lowest BCUT2D eigenvalue weighted by Gasteiger charge is -2.09. The third kappa shape index (κ3) is 3.41. The monoisotopic (exact) mass is 302 g/mol. The number of para-hydroxylation sites is 1. The molecule has 0 saturated carbocycles. The van der Waals surface area contributed by atoms with Gasteiger partial charge in [0.1, 0.15) is 5.82 Å². The van der Waals surface area contributed by atoms with Crippen molar-refractivity contribution in [1.29, 1.82) is 0 Å². The molecule has 0 aliphatic carbocycles. The molecule has 0 unspecified atom stereocenters. The minimum Gasteiger partial charge on any atom is -0.493 e. The molecule has 1 amide bonds. The molecule has 2 rings (SSSR count). The Morgan fingerprint density at radius 1 is 1.14 bits per heavy atom. The molecule has 0 heterocycles. The first kappa shape index (κ1) is 15.5. The second-order valence-electron chi connectivity index (χ2n) is 4.26. The summed E-state index contributed by atoms with van der Waals surface area (Å²) in [6, 6.07) is 10.9. The number of carbonyl (C=O) groups excluding carboxylic acids is 1. The lowest BCUT2D eigenvalue weighted by Crippen LogP contribution is -2.19. The van der Waals surface area contributed by atoms with Crippen molar-refractivity contribution in [3.8, 4) is 11.5 Å². The van der Waals surface area contributed by atoms with E-state index in [1.54, 1.807) is 24.3 Å². The molecule has 0 bridgehead atoms. The average molecular weight is 302 g/mol. The van der Waals surface area contributed by atoms with Crippen LogP contribution in [0.25, 0.3) is 0 Å². The normalized spacial score (nSPS) is 10.5. The van der Waals surface area contributed by atoms with Crippen LogP contribution in [0.4, 0.5) is 4.39 Å². The van der Waals surface area contributed by atoms with E-state index >= 15 is 0 Å². The number of nitrogens with zero attached hydrogens (tertiary/aromatic N) is 1. The Balaban J connectivity index is 2.13. The number of amides is 1. The Morgan fingerprint density at radius 3 is 2.59 bits per heavy atom. The summed E-state index contributed by atoms with van der Waals surface area (Å²) >= 11 is 0. The first-order valence-electron chi connectivity index (χ1n) is 6.46. The summed E-state index contributed by atoms with van der Waals surface area (Å²) < 4.78 is 23.9. The fourth-order valence-corrected chi connectivity index (χ4v) is 1.88.